The minimum Gasteiger partial charge on any atom is -0.447 e. The molecule has 0 bridgehead atoms. The summed E-state index contributed by atoms with van der Waals surface area (Å²) in [5, 5.41) is 0. The number of ether oxygens (including phenoxy) is 1. The Balaban J connectivity index is 2.86. The lowest BCUT2D eigenvalue weighted by atomic mass is 10.2. The van der Waals surface area contributed by atoms with Crippen molar-refractivity contribution in [3.8, 4) is 0 Å². The first-order chi connectivity index (χ1) is 7.70. The zero-order chi connectivity index (χ0) is 12.0. The molecule has 0 unspecified atom stereocenters. The van der Waals surface area contributed by atoms with Crippen molar-refractivity contribution in [3.63, 3.8) is 0 Å². The Morgan fingerprint density at radius 1 is 1.38 bits per heavy atom. The fourth-order valence-corrected chi connectivity index (χ4v) is 1.31. The Labute approximate surface area is 94.9 Å². The van der Waals surface area contributed by atoms with Gasteiger partial charge in [-0.25, -0.2) is 9.69 Å². The number of imide groups is 1. The summed E-state index contributed by atoms with van der Waals surface area (Å²) in [7, 11) is 0. The molecule has 1 heterocycles. The Kier molecular flexibility index (Phi) is 4.51. The Hall–Kier alpha value is -1.84. The zero-order valence-electron chi connectivity index (χ0n) is 9.47. The molecule has 0 N–H and O–H groups in total. The van der Waals surface area contributed by atoms with E-state index in [9.17, 15) is 9.59 Å². The number of allylic oxidation sites excluding steroid dienone is 4. The minimum atomic E-state index is -0.569. The van der Waals surface area contributed by atoms with Gasteiger partial charge in [-0.1, -0.05) is 24.3 Å². The summed E-state index contributed by atoms with van der Waals surface area (Å²) in [4.78, 5) is 24.2. The van der Waals surface area contributed by atoms with Crippen molar-refractivity contribution in [2.45, 2.75) is 13.8 Å². The van der Waals surface area contributed by atoms with Crippen molar-refractivity contribution < 1.29 is 14.3 Å². The number of rotatable bonds is 3. The normalized spacial score (nSPS) is 17.5. The summed E-state index contributed by atoms with van der Waals surface area (Å²) >= 11 is 0. The van der Waals surface area contributed by atoms with Crippen LogP contribution in [0.2, 0.25) is 0 Å². The van der Waals surface area contributed by atoms with Crippen molar-refractivity contribution in [1.82, 2.24) is 4.90 Å². The van der Waals surface area contributed by atoms with Crippen LogP contribution in [0.1, 0.15) is 13.8 Å². The molecule has 1 fully saturated rings. The molecule has 0 aromatic carbocycles. The summed E-state index contributed by atoms with van der Waals surface area (Å²) < 4.78 is 4.72. The van der Waals surface area contributed by atoms with Crippen LogP contribution < -0.4 is 0 Å². The van der Waals surface area contributed by atoms with E-state index in [0.717, 1.165) is 4.90 Å². The fraction of sp³-hybridized carbons (Fsp3) is 0.333. The van der Waals surface area contributed by atoms with Crippen LogP contribution in [-0.2, 0) is 9.53 Å². The number of hydrogen-bond acceptors (Lipinski definition) is 3. The van der Waals surface area contributed by atoms with Crippen molar-refractivity contribution in [3.05, 3.63) is 36.0 Å². The molecule has 2 amide bonds. The quantitative estimate of drug-likeness (QED) is 0.541. The van der Waals surface area contributed by atoms with E-state index < -0.39 is 6.09 Å². The van der Waals surface area contributed by atoms with Crippen molar-refractivity contribution >= 4 is 12.0 Å². The number of carbonyl (C=O) groups excluding carboxylic acids is 2. The van der Waals surface area contributed by atoms with Crippen LogP contribution in [0.4, 0.5) is 4.79 Å². The van der Waals surface area contributed by atoms with E-state index in [0.29, 0.717) is 12.1 Å². The van der Waals surface area contributed by atoms with Gasteiger partial charge in [0.25, 0.3) is 5.91 Å². The highest BCUT2D eigenvalue weighted by Crippen LogP contribution is 2.10. The summed E-state index contributed by atoms with van der Waals surface area (Å²) in [6.45, 7) is 4.27. The summed E-state index contributed by atoms with van der Waals surface area (Å²) in [5.41, 5.74) is 0.472. The summed E-state index contributed by atoms with van der Waals surface area (Å²) in [5.74, 6) is -0.321. The standard InChI is InChI=1S/C12H15NO3/c1-3-5-7-10(6-4-2)11(14)13-8-9-16-12(13)15/h3-7H,8-9H2,1-2H3/b5-3-,6-4-,10-7+. The fourth-order valence-electron chi connectivity index (χ4n) is 1.31. The van der Waals surface area contributed by atoms with E-state index in [-0.39, 0.29) is 12.5 Å². The van der Waals surface area contributed by atoms with Gasteiger partial charge in [0.15, 0.2) is 0 Å². The molecule has 1 aliphatic heterocycles. The van der Waals surface area contributed by atoms with E-state index in [1.165, 1.54) is 0 Å². The smallest absolute Gasteiger partial charge is 0.416 e. The SMILES string of the molecule is C\C=C/C=C(\C=C/C)C(=O)N1CCOC1=O. The Bertz CT molecular complexity index is 366. The lowest BCUT2D eigenvalue weighted by molar-refractivity contribution is -0.123. The Morgan fingerprint density at radius 2 is 2.12 bits per heavy atom. The van der Waals surface area contributed by atoms with Crippen molar-refractivity contribution in [1.29, 1.82) is 0 Å². The van der Waals surface area contributed by atoms with Gasteiger partial charge in [-0.2, -0.15) is 0 Å². The molecule has 0 aromatic rings. The second kappa shape index (κ2) is 5.90. The van der Waals surface area contributed by atoms with Gasteiger partial charge in [-0.15, -0.1) is 0 Å². The molecule has 0 aromatic heterocycles. The monoisotopic (exact) mass is 221 g/mol. The van der Waals surface area contributed by atoms with Crippen molar-refractivity contribution in [2.24, 2.45) is 0 Å². The third kappa shape index (κ3) is 2.82. The maximum Gasteiger partial charge on any atom is 0.416 e. The number of carbonyl (C=O) groups is 2. The van der Waals surface area contributed by atoms with E-state index >= 15 is 0 Å². The third-order valence-electron chi connectivity index (χ3n) is 2.07. The topological polar surface area (TPSA) is 46.6 Å². The maximum atomic E-state index is 11.9. The van der Waals surface area contributed by atoms with Gasteiger partial charge in [0.05, 0.1) is 6.54 Å². The van der Waals surface area contributed by atoms with Gasteiger partial charge in [0.1, 0.15) is 6.61 Å². The van der Waals surface area contributed by atoms with Gasteiger partial charge in [0.2, 0.25) is 0 Å². The third-order valence-corrected chi connectivity index (χ3v) is 2.07. The second-order valence-corrected chi connectivity index (χ2v) is 3.22. The molecule has 4 heteroatoms. The van der Waals surface area contributed by atoms with Crippen LogP contribution in [-0.4, -0.2) is 30.1 Å². The summed E-state index contributed by atoms with van der Waals surface area (Å²) in [6, 6.07) is 0. The molecular weight excluding hydrogens is 206 g/mol. The predicted octanol–water partition coefficient (Wildman–Crippen LogP) is 2.04. The van der Waals surface area contributed by atoms with Gasteiger partial charge < -0.3 is 4.74 Å². The number of nitrogens with zero attached hydrogens (tertiary/aromatic N) is 1. The molecule has 0 saturated carbocycles. The maximum absolute atomic E-state index is 11.9. The predicted molar refractivity (Wildman–Crippen MR) is 60.8 cm³/mol. The molecular formula is C12H15NO3. The molecule has 0 atom stereocenters. The van der Waals surface area contributed by atoms with Crippen LogP contribution in [0, 0.1) is 0 Å². The van der Waals surface area contributed by atoms with Crippen LogP contribution in [0.5, 0.6) is 0 Å². The molecule has 4 nitrogen and oxygen atoms in total. The van der Waals surface area contributed by atoms with Gasteiger partial charge in [-0.3, -0.25) is 4.79 Å². The van der Waals surface area contributed by atoms with Crippen LogP contribution in [0.3, 0.4) is 0 Å². The van der Waals surface area contributed by atoms with E-state index in [1.807, 2.05) is 19.9 Å². The number of hydrogen-bond donors (Lipinski definition) is 0. The summed E-state index contributed by atoms with van der Waals surface area (Å²) in [6.07, 6.45) is 8.12. The molecule has 1 saturated heterocycles. The van der Waals surface area contributed by atoms with Crippen molar-refractivity contribution in [2.75, 3.05) is 13.2 Å². The molecule has 16 heavy (non-hydrogen) atoms. The van der Waals surface area contributed by atoms with Crippen LogP contribution in [0.15, 0.2) is 36.0 Å². The highest BCUT2D eigenvalue weighted by molar-refractivity contribution is 6.04. The molecule has 86 valence electrons. The van der Waals surface area contributed by atoms with Crippen LogP contribution >= 0.6 is 0 Å². The van der Waals surface area contributed by atoms with Gasteiger partial charge >= 0.3 is 6.09 Å². The van der Waals surface area contributed by atoms with E-state index in [2.05, 4.69) is 0 Å². The number of cyclic esters (lactones) is 1. The van der Waals surface area contributed by atoms with Crippen LogP contribution in [0.25, 0.3) is 0 Å². The highest BCUT2D eigenvalue weighted by atomic mass is 16.6. The molecule has 0 spiro atoms. The molecule has 1 aliphatic rings. The van der Waals surface area contributed by atoms with E-state index in [4.69, 9.17) is 4.74 Å². The second-order valence-electron chi connectivity index (χ2n) is 3.22. The lowest BCUT2D eigenvalue weighted by Gasteiger charge is -2.10. The average molecular weight is 221 g/mol. The zero-order valence-corrected chi connectivity index (χ0v) is 9.47. The lowest BCUT2D eigenvalue weighted by Crippen LogP contribution is -2.32. The first-order valence-corrected chi connectivity index (χ1v) is 5.15. The Morgan fingerprint density at radius 3 is 2.62 bits per heavy atom. The van der Waals surface area contributed by atoms with E-state index in [1.54, 1.807) is 24.3 Å². The average Bonchev–Trinajstić information content (AvgIpc) is 2.69. The highest BCUT2D eigenvalue weighted by Gasteiger charge is 2.29. The molecule has 1 rings (SSSR count). The first-order valence-electron chi connectivity index (χ1n) is 5.15. The first kappa shape index (κ1) is 12.2. The number of amides is 2. The van der Waals surface area contributed by atoms with Gasteiger partial charge in [0, 0.05) is 5.57 Å². The van der Waals surface area contributed by atoms with Gasteiger partial charge in [-0.05, 0) is 19.9 Å². The molecule has 0 radical (unpaired) electrons. The molecule has 0 aliphatic carbocycles. The minimum absolute atomic E-state index is 0.275. The largest absolute Gasteiger partial charge is 0.447 e.